The predicted molar refractivity (Wildman–Crippen MR) is 63.6 cm³/mol. The van der Waals surface area contributed by atoms with Gasteiger partial charge in [-0.1, -0.05) is 25.6 Å². The van der Waals surface area contributed by atoms with Crippen LogP contribution < -0.4 is 5.32 Å². The molecule has 0 saturated heterocycles. The van der Waals surface area contributed by atoms with Gasteiger partial charge in [-0.2, -0.15) is 0 Å². The molecule has 0 fully saturated rings. The van der Waals surface area contributed by atoms with Gasteiger partial charge in [-0.25, -0.2) is 4.68 Å². The lowest BCUT2D eigenvalue weighted by Gasteiger charge is -2.08. The second-order valence-corrected chi connectivity index (χ2v) is 4.70. The molecule has 0 saturated carbocycles. The molecule has 0 bridgehead atoms. The summed E-state index contributed by atoms with van der Waals surface area (Å²) in [5.74, 6) is 0.870. The van der Waals surface area contributed by atoms with Crippen LogP contribution in [-0.2, 0) is 11.3 Å². The smallest absolute Gasteiger partial charge is 0.209 e. The summed E-state index contributed by atoms with van der Waals surface area (Å²) in [6, 6.07) is 0.487. The van der Waals surface area contributed by atoms with Crippen LogP contribution in [0.5, 0.6) is 0 Å². The zero-order valence-corrected chi connectivity index (χ0v) is 10.8. The molecular weight excluding hydrogens is 226 g/mol. The van der Waals surface area contributed by atoms with Gasteiger partial charge in [0.2, 0.25) is 5.16 Å². The van der Waals surface area contributed by atoms with Crippen molar-refractivity contribution in [3.63, 3.8) is 0 Å². The lowest BCUT2D eigenvalue weighted by atomic mass is 10.4. The van der Waals surface area contributed by atoms with Crippen molar-refractivity contribution in [1.29, 1.82) is 0 Å². The Morgan fingerprint density at radius 2 is 2.31 bits per heavy atom. The van der Waals surface area contributed by atoms with E-state index >= 15 is 0 Å². The number of nitrogens with zero attached hydrogens (tertiary/aromatic N) is 4. The van der Waals surface area contributed by atoms with E-state index < -0.39 is 0 Å². The van der Waals surface area contributed by atoms with Gasteiger partial charge in [0.15, 0.2) is 0 Å². The van der Waals surface area contributed by atoms with Crippen molar-refractivity contribution in [2.24, 2.45) is 0 Å². The monoisotopic (exact) mass is 245 g/mol. The third-order valence-electron chi connectivity index (χ3n) is 1.89. The number of aromatic nitrogens is 4. The predicted octanol–water partition coefficient (Wildman–Crippen LogP) is 0.410. The summed E-state index contributed by atoms with van der Waals surface area (Å²) in [6.07, 6.45) is 0. The van der Waals surface area contributed by atoms with Crippen LogP contribution in [0.2, 0.25) is 0 Å². The molecule has 0 unspecified atom stereocenters. The Morgan fingerprint density at radius 1 is 1.50 bits per heavy atom. The Morgan fingerprint density at radius 3 is 3.00 bits per heavy atom. The van der Waals surface area contributed by atoms with Crippen molar-refractivity contribution in [2.45, 2.75) is 31.6 Å². The number of rotatable bonds is 8. The second kappa shape index (κ2) is 7.59. The molecule has 0 atom stereocenters. The molecule has 0 amide bonds. The van der Waals surface area contributed by atoms with Crippen LogP contribution >= 0.6 is 11.8 Å². The van der Waals surface area contributed by atoms with Gasteiger partial charge in [0, 0.05) is 25.4 Å². The summed E-state index contributed by atoms with van der Waals surface area (Å²) in [4.78, 5) is 0. The summed E-state index contributed by atoms with van der Waals surface area (Å²) in [5, 5.41) is 15.8. The molecule has 16 heavy (non-hydrogen) atoms. The molecule has 1 rings (SSSR count). The third-order valence-corrected chi connectivity index (χ3v) is 2.82. The molecule has 0 aliphatic heterocycles. The largest absolute Gasteiger partial charge is 0.384 e. The normalized spacial score (nSPS) is 11.2. The first-order chi connectivity index (χ1) is 7.74. The molecule has 7 heteroatoms. The summed E-state index contributed by atoms with van der Waals surface area (Å²) in [5.41, 5.74) is 0. The molecule has 1 aromatic heterocycles. The van der Waals surface area contributed by atoms with Gasteiger partial charge < -0.3 is 10.1 Å². The maximum absolute atomic E-state index is 4.98. The summed E-state index contributed by atoms with van der Waals surface area (Å²) >= 11 is 1.61. The molecule has 0 spiro atoms. The molecule has 1 aromatic rings. The van der Waals surface area contributed by atoms with Gasteiger partial charge in [-0.15, -0.1) is 5.10 Å². The second-order valence-electron chi connectivity index (χ2n) is 3.63. The summed E-state index contributed by atoms with van der Waals surface area (Å²) in [6.45, 7) is 6.62. The Kier molecular flexibility index (Phi) is 6.36. The highest BCUT2D eigenvalue weighted by Crippen LogP contribution is 2.12. The van der Waals surface area contributed by atoms with E-state index in [1.165, 1.54) is 0 Å². The first-order valence-electron chi connectivity index (χ1n) is 5.35. The zero-order chi connectivity index (χ0) is 11.8. The standard InChI is InChI=1S/C9H19N5OS/c1-8(2)10-4-5-14-9(11-12-13-14)16-7-6-15-3/h8,10H,4-7H2,1-3H3. The van der Waals surface area contributed by atoms with E-state index in [4.69, 9.17) is 4.74 Å². The van der Waals surface area contributed by atoms with Gasteiger partial charge in [-0.3, -0.25) is 0 Å². The Hall–Kier alpha value is -0.660. The molecule has 0 aromatic carbocycles. The minimum atomic E-state index is 0.487. The number of tetrazole rings is 1. The molecule has 6 nitrogen and oxygen atoms in total. The minimum Gasteiger partial charge on any atom is -0.384 e. The Balaban J connectivity index is 2.32. The van der Waals surface area contributed by atoms with E-state index in [1.807, 2.05) is 4.68 Å². The topological polar surface area (TPSA) is 64.9 Å². The molecule has 0 aliphatic rings. The third kappa shape index (κ3) is 4.91. The van der Waals surface area contributed by atoms with Crippen molar-refractivity contribution in [1.82, 2.24) is 25.5 Å². The summed E-state index contributed by atoms with van der Waals surface area (Å²) in [7, 11) is 1.69. The van der Waals surface area contributed by atoms with Gasteiger partial charge in [0.25, 0.3) is 0 Å². The van der Waals surface area contributed by atoms with E-state index in [0.717, 1.165) is 24.0 Å². The number of nitrogens with one attached hydrogen (secondary N) is 1. The minimum absolute atomic E-state index is 0.487. The van der Waals surface area contributed by atoms with E-state index in [1.54, 1.807) is 18.9 Å². The highest BCUT2D eigenvalue weighted by Gasteiger charge is 2.05. The van der Waals surface area contributed by atoms with Crippen molar-refractivity contribution in [3.8, 4) is 0 Å². The van der Waals surface area contributed by atoms with Crippen LogP contribution in [0.4, 0.5) is 0 Å². The molecule has 92 valence electrons. The SMILES string of the molecule is COCCSc1nnnn1CCNC(C)C. The van der Waals surface area contributed by atoms with Crippen molar-refractivity contribution >= 4 is 11.8 Å². The van der Waals surface area contributed by atoms with Gasteiger partial charge in [0.1, 0.15) is 0 Å². The fourth-order valence-electron chi connectivity index (χ4n) is 1.12. The summed E-state index contributed by atoms with van der Waals surface area (Å²) < 4.78 is 6.80. The van der Waals surface area contributed by atoms with Crippen LogP contribution in [-0.4, -0.2) is 52.3 Å². The first-order valence-corrected chi connectivity index (χ1v) is 6.34. The van der Waals surface area contributed by atoms with E-state index in [0.29, 0.717) is 12.6 Å². The van der Waals surface area contributed by atoms with Gasteiger partial charge in [-0.05, 0) is 10.4 Å². The first kappa shape index (κ1) is 13.4. The fourth-order valence-corrected chi connectivity index (χ4v) is 1.92. The quantitative estimate of drug-likeness (QED) is 0.528. The number of hydrogen-bond donors (Lipinski definition) is 1. The van der Waals surface area contributed by atoms with E-state index in [-0.39, 0.29) is 0 Å². The lowest BCUT2D eigenvalue weighted by Crippen LogP contribution is -2.27. The molecule has 1 N–H and O–H groups in total. The maximum atomic E-state index is 4.98. The van der Waals surface area contributed by atoms with E-state index in [9.17, 15) is 0 Å². The van der Waals surface area contributed by atoms with Crippen molar-refractivity contribution < 1.29 is 4.74 Å². The molecular formula is C9H19N5OS. The average molecular weight is 245 g/mol. The van der Waals surface area contributed by atoms with Gasteiger partial charge in [0.05, 0.1) is 13.2 Å². The van der Waals surface area contributed by atoms with E-state index in [2.05, 4.69) is 34.7 Å². The highest BCUT2D eigenvalue weighted by atomic mass is 32.2. The Labute approximate surface area is 100 Å². The molecule has 0 aliphatic carbocycles. The number of ether oxygens (including phenoxy) is 1. The molecule has 0 radical (unpaired) electrons. The zero-order valence-electron chi connectivity index (χ0n) is 10.0. The van der Waals surface area contributed by atoms with Crippen LogP contribution in [0.3, 0.4) is 0 Å². The van der Waals surface area contributed by atoms with Crippen LogP contribution in [0.25, 0.3) is 0 Å². The number of hydrogen-bond acceptors (Lipinski definition) is 6. The van der Waals surface area contributed by atoms with Crippen LogP contribution in [0.1, 0.15) is 13.8 Å². The maximum Gasteiger partial charge on any atom is 0.209 e. The number of methoxy groups -OCH3 is 1. The van der Waals surface area contributed by atoms with Crippen molar-refractivity contribution in [2.75, 3.05) is 26.0 Å². The van der Waals surface area contributed by atoms with Crippen LogP contribution in [0.15, 0.2) is 5.16 Å². The molecule has 1 heterocycles. The number of thioether (sulfide) groups is 1. The lowest BCUT2D eigenvalue weighted by molar-refractivity contribution is 0.218. The Bertz CT molecular complexity index is 291. The highest BCUT2D eigenvalue weighted by molar-refractivity contribution is 7.99. The average Bonchev–Trinajstić information content (AvgIpc) is 2.66. The van der Waals surface area contributed by atoms with Crippen molar-refractivity contribution in [3.05, 3.63) is 0 Å². The van der Waals surface area contributed by atoms with Gasteiger partial charge >= 0.3 is 0 Å². The fraction of sp³-hybridized carbons (Fsp3) is 0.889. The van der Waals surface area contributed by atoms with Crippen LogP contribution in [0, 0.1) is 0 Å².